The first-order valence-corrected chi connectivity index (χ1v) is 7.23. The molecule has 0 unspecified atom stereocenters. The van der Waals surface area contributed by atoms with Gasteiger partial charge in [-0.1, -0.05) is 29.8 Å². The zero-order valence-electron chi connectivity index (χ0n) is 12.4. The third-order valence-electron chi connectivity index (χ3n) is 3.05. The highest BCUT2D eigenvalue weighted by Gasteiger charge is 2.30. The molecule has 0 heterocycles. The minimum absolute atomic E-state index is 0.142. The summed E-state index contributed by atoms with van der Waals surface area (Å²) in [6.07, 6.45) is -4.79. The average Bonchev–Trinajstić information content (AvgIpc) is 2.49. The molecule has 1 amide bonds. The summed E-state index contributed by atoms with van der Waals surface area (Å²) in [5.74, 6) is -0.842. The molecule has 0 aliphatic heterocycles. The van der Waals surface area contributed by atoms with Crippen LogP contribution < -0.4 is 10.1 Å². The Kier molecular flexibility index (Phi) is 5.84. The molecule has 25 heavy (non-hydrogen) atoms. The average molecular weight is 380 g/mol. The largest absolute Gasteiger partial charge is 0.433 e. The van der Waals surface area contributed by atoms with Gasteiger partial charge in [-0.3, -0.25) is 4.79 Å². The highest BCUT2D eigenvalue weighted by molar-refractivity contribution is 6.32. The molecule has 9 heteroatoms. The number of benzene rings is 2. The van der Waals surface area contributed by atoms with Gasteiger partial charge in [-0.2, -0.15) is 22.0 Å². The van der Waals surface area contributed by atoms with Crippen molar-refractivity contribution in [1.29, 1.82) is 0 Å². The van der Waals surface area contributed by atoms with E-state index in [9.17, 15) is 26.7 Å². The standard InChI is InChI=1S/C16H11ClF5NO2/c17-12-8-11(4-5-13(12)25-15(18)19)23-14(24)7-9-2-1-3-10(6-9)16(20,21)22/h1-6,8,15H,7H2,(H,23,24). The molecule has 0 atom stereocenters. The molecule has 2 aromatic rings. The number of anilines is 1. The van der Waals surface area contributed by atoms with Gasteiger partial charge in [0.2, 0.25) is 5.91 Å². The lowest BCUT2D eigenvalue weighted by atomic mass is 10.1. The predicted octanol–water partition coefficient (Wildman–Crippen LogP) is 5.14. The van der Waals surface area contributed by atoms with Crippen molar-refractivity contribution in [3.8, 4) is 5.75 Å². The van der Waals surface area contributed by atoms with Crippen LogP contribution in [0.3, 0.4) is 0 Å². The topological polar surface area (TPSA) is 38.3 Å². The SMILES string of the molecule is O=C(Cc1cccc(C(F)(F)F)c1)Nc1ccc(OC(F)F)c(Cl)c1. The molecular weight excluding hydrogens is 369 g/mol. The van der Waals surface area contributed by atoms with E-state index in [2.05, 4.69) is 10.1 Å². The van der Waals surface area contributed by atoms with Gasteiger partial charge in [0, 0.05) is 5.69 Å². The van der Waals surface area contributed by atoms with Gasteiger partial charge >= 0.3 is 12.8 Å². The van der Waals surface area contributed by atoms with Crippen LogP contribution in [0, 0.1) is 0 Å². The summed E-state index contributed by atoms with van der Waals surface area (Å²) in [6, 6.07) is 8.01. The molecule has 0 fully saturated rings. The van der Waals surface area contributed by atoms with Gasteiger partial charge in [0.05, 0.1) is 17.0 Å². The third-order valence-corrected chi connectivity index (χ3v) is 3.35. The predicted molar refractivity (Wildman–Crippen MR) is 81.9 cm³/mol. The molecule has 0 aliphatic carbocycles. The summed E-state index contributed by atoms with van der Waals surface area (Å²) < 4.78 is 66.4. The van der Waals surface area contributed by atoms with Crippen LogP contribution in [0.5, 0.6) is 5.75 Å². The zero-order chi connectivity index (χ0) is 18.6. The molecule has 2 aromatic carbocycles. The Balaban J connectivity index is 2.04. The molecule has 0 bridgehead atoms. The van der Waals surface area contributed by atoms with Gasteiger partial charge < -0.3 is 10.1 Å². The van der Waals surface area contributed by atoms with E-state index in [1.807, 2.05) is 0 Å². The first-order valence-electron chi connectivity index (χ1n) is 6.85. The van der Waals surface area contributed by atoms with Crippen molar-refractivity contribution in [2.24, 2.45) is 0 Å². The number of carbonyl (C=O) groups excluding carboxylic acids is 1. The number of carbonyl (C=O) groups is 1. The van der Waals surface area contributed by atoms with Crippen LogP contribution >= 0.6 is 11.6 Å². The molecule has 1 N–H and O–H groups in total. The lowest BCUT2D eigenvalue weighted by Gasteiger charge is -2.11. The number of halogens is 6. The lowest BCUT2D eigenvalue weighted by molar-refractivity contribution is -0.137. The quantitative estimate of drug-likeness (QED) is 0.730. The number of rotatable bonds is 5. The minimum atomic E-state index is -4.50. The van der Waals surface area contributed by atoms with E-state index in [1.54, 1.807) is 0 Å². The van der Waals surface area contributed by atoms with Gasteiger partial charge in [0.1, 0.15) is 5.75 Å². The molecule has 0 saturated carbocycles. The first kappa shape index (κ1) is 19.0. The van der Waals surface area contributed by atoms with Gasteiger partial charge in [0.15, 0.2) is 0 Å². The zero-order valence-corrected chi connectivity index (χ0v) is 13.2. The van der Waals surface area contributed by atoms with E-state index in [0.717, 1.165) is 18.2 Å². The second-order valence-corrected chi connectivity index (χ2v) is 5.35. The van der Waals surface area contributed by atoms with Crippen molar-refractivity contribution >= 4 is 23.2 Å². The molecule has 0 aliphatic rings. The van der Waals surface area contributed by atoms with Crippen molar-refractivity contribution in [1.82, 2.24) is 0 Å². The molecule has 0 saturated heterocycles. The highest BCUT2D eigenvalue weighted by Crippen LogP contribution is 2.30. The number of alkyl halides is 5. The Hall–Kier alpha value is -2.35. The van der Waals surface area contributed by atoms with Crippen LogP contribution in [0.15, 0.2) is 42.5 Å². The fourth-order valence-corrected chi connectivity index (χ4v) is 2.24. The summed E-state index contributed by atoms with van der Waals surface area (Å²) in [4.78, 5) is 11.9. The second-order valence-electron chi connectivity index (χ2n) is 4.95. The Morgan fingerprint density at radius 3 is 2.48 bits per heavy atom. The highest BCUT2D eigenvalue weighted by atomic mass is 35.5. The molecule has 0 aromatic heterocycles. The Bertz CT molecular complexity index is 764. The van der Waals surface area contributed by atoms with Gasteiger partial charge in [-0.15, -0.1) is 0 Å². The van der Waals surface area contributed by atoms with Crippen LogP contribution in [0.25, 0.3) is 0 Å². The normalized spacial score (nSPS) is 11.5. The maximum absolute atomic E-state index is 12.6. The van der Waals surface area contributed by atoms with Gasteiger partial charge in [-0.05, 0) is 29.8 Å². The number of nitrogens with one attached hydrogen (secondary N) is 1. The van der Waals surface area contributed by atoms with Crippen LogP contribution in [0.2, 0.25) is 5.02 Å². The summed E-state index contributed by atoms with van der Waals surface area (Å²) in [5, 5.41) is 2.28. The van der Waals surface area contributed by atoms with Crippen molar-refractivity contribution in [2.45, 2.75) is 19.2 Å². The number of ether oxygens (including phenoxy) is 1. The summed E-state index contributed by atoms with van der Waals surface area (Å²) in [7, 11) is 0. The van der Waals surface area contributed by atoms with Crippen molar-refractivity contribution in [3.63, 3.8) is 0 Å². The Labute approximate surface area is 144 Å². The minimum Gasteiger partial charge on any atom is -0.433 e. The smallest absolute Gasteiger partial charge is 0.416 e. The Morgan fingerprint density at radius 2 is 1.88 bits per heavy atom. The summed E-state index contributed by atoms with van der Waals surface area (Å²) >= 11 is 5.75. The van der Waals surface area contributed by atoms with Crippen molar-refractivity contribution in [3.05, 3.63) is 58.6 Å². The lowest BCUT2D eigenvalue weighted by Crippen LogP contribution is -2.15. The van der Waals surface area contributed by atoms with E-state index in [1.165, 1.54) is 24.3 Å². The maximum atomic E-state index is 12.6. The van der Waals surface area contributed by atoms with Crippen LogP contribution in [-0.2, 0) is 17.4 Å². The third kappa shape index (κ3) is 5.60. The molecule has 0 spiro atoms. The van der Waals surface area contributed by atoms with Crippen molar-refractivity contribution in [2.75, 3.05) is 5.32 Å². The maximum Gasteiger partial charge on any atom is 0.416 e. The van der Waals surface area contributed by atoms with Crippen molar-refractivity contribution < 1.29 is 31.5 Å². The van der Waals surface area contributed by atoms with E-state index in [-0.39, 0.29) is 28.4 Å². The van der Waals surface area contributed by atoms with Crippen LogP contribution in [-0.4, -0.2) is 12.5 Å². The van der Waals surface area contributed by atoms with Gasteiger partial charge in [-0.25, -0.2) is 0 Å². The van der Waals surface area contributed by atoms with Crippen LogP contribution in [0.4, 0.5) is 27.6 Å². The van der Waals surface area contributed by atoms with Gasteiger partial charge in [0.25, 0.3) is 0 Å². The Morgan fingerprint density at radius 1 is 1.16 bits per heavy atom. The first-order chi connectivity index (χ1) is 11.6. The summed E-state index contributed by atoms with van der Waals surface area (Å²) in [5.41, 5.74) is -0.478. The van der Waals surface area contributed by atoms with E-state index in [4.69, 9.17) is 11.6 Å². The van der Waals surface area contributed by atoms with E-state index >= 15 is 0 Å². The fraction of sp³-hybridized carbons (Fsp3) is 0.188. The second kappa shape index (κ2) is 7.69. The fourth-order valence-electron chi connectivity index (χ4n) is 2.02. The number of hydrogen-bond donors (Lipinski definition) is 1. The molecular formula is C16H11ClF5NO2. The van der Waals surface area contributed by atoms with E-state index < -0.39 is 24.3 Å². The van der Waals surface area contributed by atoms with Crippen LogP contribution in [0.1, 0.15) is 11.1 Å². The monoisotopic (exact) mass is 379 g/mol. The molecule has 3 nitrogen and oxygen atoms in total. The number of hydrogen-bond acceptors (Lipinski definition) is 2. The number of amides is 1. The molecule has 134 valence electrons. The molecule has 2 rings (SSSR count). The molecule has 0 radical (unpaired) electrons. The van der Waals surface area contributed by atoms with E-state index in [0.29, 0.717) is 0 Å². The summed E-state index contributed by atoms with van der Waals surface area (Å²) in [6.45, 7) is -3.04.